The Morgan fingerprint density at radius 3 is 3.00 bits per heavy atom. The fraction of sp³-hybridized carbons (Fsp3) is 0.500. The number of hydrogen-bond donors (Lipinski definition) is 2. The number of ether oxygens (including phenoxy) is 1. The molecular formula is C10H14FNO3. The average Bonchev–Trinajstić information content (AvgIpc) is 2.21. The van der Waals surface area contributed by atoms with Crippen LogP contribution in [0.3, 0.4) is 0 Å². The summed E-state index contributed by atoms with van der Waals surface area (Å²) in [4.78, 5) is 10.5. The summed E-state index contributed by atoms with van der Waals surface area (Å²) in [6.07, 6.45) is 5.86. The lowest BCUT2D eigenvalue weighted by Gasteiger charge is -2.16. The predicted octanol–water partition coefficient (Wildman–Crippen LogP) is 0.987. The number of nitrogens with two attached hydrogens (primary N) is 1. The molecule has 4 nitrogen and oxygen atoms in total. The highest BCUT2D eigenvalue weighted by Gasteiger charge is 2.15. The van der Waals surface area contributed by atoms with Crippen molar-refractivity contribution in [2.45, 2.75) is 25.0 Å². The Hall–Kier alpha value is -1.20. The molecular weight excluding hydrogens is 201 g/mol. The molecule has 0 aromatic rings. The summed E-state index contributed by atoms with van der Waals surface area (Å²) in [7, 11) is 0. The van der Waals surface area contributed by atoms with E-state index in [0.29, 0.717) is 6.42 Å². The van der Waals surface area contributed by atoms with Crippen LogP contribution in [0.15, 0.2) is 23.8 Å². The van der Waals surface area contributed by atoms with Gasteiger partial charge < -0.3 is 15.6 Å². The van der Waals surface area contributed by atoms with Crippen LogP contribution in [-0.2, 0) is 9.53 Å². The lowest BCUT2D eigenvalue weighted by molar-refractivity contribution is -0.138. The summed E-state index contributed by atoms with van der Waals surface area (Å²) in [5, 5.41) is 8.60. The molecule has 0 aromatic carbocycles. The van der Waals surface area contributed by atoms with Gasteiger partial charge in [0, 0.05) is 0 Å². The zero-order chi connectivity index (χ0) is 11.3. The zero-order valence-electron chi connectivity index (χ0n) is 8.23. The van der Waals surface area contributed by atoms with E-state index in [1.807, 2.05) is 6.08 Å². The number of hydrogen-bond acceptors (Lipinski definition) is 3. The number of carboxylic acids is 1. The molecule has 5 heteroatoms. The van der Waals surface area contributed by atoms with Crippen LogP contribution >= 0.6 is 0 Å². The molecule has 2 atom stereocenters. The third-order valence-corrected chi connectivity index (χ3v) is 2.19. The molecule has 1 aliphatic rings. The van der Waals surface area contributed by atoms with Gasteiger partial charge in [-0.15, -0.1) is 0 Å². The lowest BCUT2D eigenvalue weighted by atomic mass is 9.99. The van der Waals surface area contributed by atoms with Crippen LogP contribution in [0, 0.1) is 0 Å². The maximum absolute atomic E-state index is 11.8. The molecule has 0 aromatic heterocycles. The van der Waals surface area contributed by atoms with E-state index in [0.717, 1.165) is 5.57 Å². The first kappa shape index (κ1) is 11.9. The Morgan fingerprint density at radius 1 is 1.80 bits per heavy atom. The van der Waals surface area contributed by atoms with Crippen molar-refractivity contribution in [2.75, 3.05) is 6.86 Å². The SMILES string of the molecule is N[C@H](CC1=CCC(OCF)C=C1)C(=O)O. The first-order valence-electron chi connectivity index (χ1n) is 4.66. The highest BCUT2D eigenvalue weighted by molar-refractivity contribution is 5.73. The molecule has 0 fully saturated rings. The highest BCUT2D eigenvalue weighted by Crippen LogP contribution is 2.17. The number of carboxylic acid groups (broad SMARTS) is 1. The molecule has 0 amide bonds. The second-order valence-electron chi connectivity index (χ2n) is 3.34. The molecule has 0 radical (unpaired) electrons. The third kappa shape index (κ3) is 3.81. The van der Waals surface area contributed by atoms with E-state index in [9.17, 15) is 9.18 Å². The Balaban J connectivity index is 2.41. The van der Waals surface area contributed by atoms with Gasteiger partial charge >= 0.3 is 5.97 Å². The van der Waals surface area contributed by atoms with Crippen LogP contribution in [0.1, 0.15) is 12.8 Å². The molecule has 0 heterocycles. The lowest BCUT2D eigenvalue weighted by Crippen LogP contribution is -2.30. The van der Waals surface area contributed by atoms with E-state index in [1.54, 1.807) is 12.2 Å². The van der Waals surface area contributed by atoms with Crippen molar-refractivity contribution < 1.29 is 19.0 Å². The highest BCUT2D eigenvalue weighted by atomic mass is 19.1. The normalized spacial score (nSPS) is 22.3. The van der Waals surface area contributed by atoms with E-state index >= 15 is 0 Å². The first-order valence-corrected chi connectivity index (χ1v) is 4.66. The molecule has 0 aliphatic heterocycles. The molecule has 15 heavy (non-hydrogen) atoms. The van der Waals surface area contributed by atoms with Crippen LogP contribution in [0.4, 0.5) is 4.39 Å². The standard InChI is InChI=1S/C10H14FNO3/c11-6-15-8-3-1-7(2-4-8)5-9(12)10(13)14/h1-3,8-9H,4-6,12H2,(H,13,14)/t8?,9-/m1/s1. The van der Waals surface area contributed by atoms with E-state index < -0.39 is 18.9 Å². The molecule has 3 N–H and O–H groups in total. The maximum Gasteiger partial charge on any atom is 0.320 e. The quantitative estimate of drug-likeness (QED) is 0.717. The van der Waals surface area contributed by atoms with Crippen molar-refractivity contribution in [3.8, 4) is 0 Å². The monoisotopic (exact) mass is 215 g/mol. The van der Waals surface area contributed by atoms with Gasteiger partial charge in [-0.25, -0.2) is 4.39 Å². The fourth-order valence-electron chi connectivity index (χ4n) is 1.34. The summed E-state index contributed by atoms with van der Waals surface area (Å²) in [6.45, 7) is -0.813. The van der Waals surface area contributed by atoms with Gasteiger partial charge in [0.25, 0.3) is 0 Å². The third-order valence-electron chi connectivity index (χ3n) is 2.19. The van der Waals surface area contributed by atoms with Gasteiger partial charge in [0.15, 0.2) is 6.86 Å². The van der Waals surface area contributed by atoms with Gasteiger partial charge in [-0.2, -0.15) is 0 Å². The Morgan fingerprint density at radius 2 is 2.53 bits per heavy atom. The zero-order valence-corrected chi connectivity index (χ0v) is 8.23. The molecule has 0 bridgehead atoms. The van der Waals surface area contributed by atoms with Crippen molar-refractivity contribution >= 4 is 5.97 Å². The summed E-state index contributed by atoms with van der Waals surface area (Å²) >= 11 is 0. The molecule has 0 saturated carbocycles. The second kappa shape index (κ2) is 5.63. The first-order chi connectivity index (χ1) is 7.13. The van der Waals surface area contributed by atoms with Gasteiger partial charge in [-0.3, -0.25) is 4.79 Å². The van der Waals surface area contributed by atoms with E-state index in [1.165, 1.54) is 0 Å². The van der Waals surface area contributed by atoms with Crippen molar-refractivity contribution in [3.05, 3.63) is 23.8 Å². The van der Waals surface area contributed by atoms with Gasteiger partial charge in [0.1, 0.15) is 6.04 Å². The maximum atomic E-state index is 11.8. The van der Waals surface area contributed by atoms with E-state index in [4.69, 9.17) is 15.6 Å². The molecule has 0 saturated heterocycles. The summed E-state index contributed by atoms with van der Waals surface area (Å²) in [5.41, 5.74) is 6.23. The topological polar surface area (TPSA) is 72.5 Å². The fourth-order valence-corrected chi connectivity index (χ4v) is 1.34. The number of carbonyl (C=O) groups is 1. The van der Waals surface area contributed by atoms with Gasteiger partial charge in [-0.1, -0.05) is 18.2 Å². The summed E-state index contributed by atoms with van der Waals surface area (Å²) in [5.74, 6) is -1.02. The number of halogens is 1. The Bertz CT molecular complexity index is 288. The van der Waals surface area contributed by atoms with Gasteiger partial charge in [0.2, 0.25) is 0 Å². The van der Waals surface area contributed by atoms with Crippen LogP contribution in [0.25, 0.3) is 0 Å². The van der Waals surface area contributed by atoms with Gasteiger partial charge in [0.05, 0.1) is 6.10 Å². The number of rotatable bonds is 5. The minimum atomic E-state index is -1.02. The summed E-state index contributed by atoms with van der Waals surface area (Å²) in [6, 6.07) is -0.889. The molecule has 1 rings (SSSR count). The van der Waals surface area contributed by atoms with Crippen LogP contribution in [-0.4, -0.2) is 30.1 Å². The van der Waals surface area contributed by atoms with Crippen molar-refractivity contribution in [3.63, 3.8) is 0 Å². The molecule has 84 valence electrons. The van der Waals surface area contributed by atoms with E-state index in [-0.39, 0.29) is 12.5 Å². The van der Waals surface area contributed by atoms with Crippen LogP contribution < -0.4 is 5.73 Å². The largest absolute Gasteiger partial charge is 0.480 e. The predicted molar refractivity (Wildman–Crippen MR) is 52.9 cm³/mol. The molecule has 1 unspecified atom stereocenters. The minimum Gasteiger partial charge on any atom is -0.480 e. The average molecular weight is 215 g/mol. The van der Waals surface area contributed by atoms with Crippen molar-refractivity contribution in [2.24, 2.45) is 5.73 Å². The molecule has 1 aliphatic carbocycles. The van der Waals surface area contributed by atoms with Gasteiger partial charge in [-0.05, 0) is 18.4 Å². The minimum absolute atomic E-state index is 0.250. The van der Waals surface area contributed by atoms with Crippen LogP contribution in [0.2, 0.25) is 0 Å². The number of aliphatic carboxylic acids is 1. The smallest absolute Gasteiger partial charge is 0.320 e. The molecule has 0 spiro atoms. The van der Waals surface area contributed by atoms with Crippen LogP contribution in [0.5, 0.6) is 0 Å². The second-order valence-corrected chi connectivity index (χ2v) is 3.34. The van der Waals surface area contributed by atoms with Crippen molar-refractivity contribution in [1.82, 2.24) is 0 Å². The number of alkyl halides is 1. The Labute approximate surface area is 87.2 Å². The number of allylic oxidation sites excluding steroid dienone is 1. The van der Waals surface area contributed by atoms with E-state index in [2.05, 4.69) is 0 Å². The van der Waals surface area contributed by atoms with Crippen molar-refractivity contribution in [1.29, 1.82) is 0 Å². The Kier molecular flexibility index (Phi) is 4.45. The summed E-state index contributed by atoms with van der Waals surface area (Å²) < 4.78 is 16.6.